The third kappa shape index (κ3) is 3.10. The maximum Gasteiger partial charge on any atom is 0.333 e. The van der Waals surface area contributed by atoms with Crippen LogP contribution in [0.1, 0.15) is 0 Å². The summed E-state index contributed by atoms with van der Waals surface area (Å²) in [5.74, 6) is 0.495. The molecule has 0 unspecified atom stereocenters. The number of aromatic nitrogens is 2. The van der Waals surface area contributed by atoms with Crippen LogP contribution in [-0.4, -0.2) is 16.7 Å². The van der Waals surface area contributed by atoms with E-state index < -0.39 is 11.2 Å². The van der Waals surface area contributed by atoms with Crippen molar-refractivity contribution in [3.05, 3.63) is 105 Å². The van der Waals surface area contributed by atoms with E-state index in [9.17, 15) is 9.59 Å². The van der Waals surface area contributed by atoms with Gasteiger partial charge in [0.1, 0.15) is 5.75 Å². The first-order valence-corrected chi connectivity index (χ1v) is 10.1. The molecule has 0 radical (unpaired) electrons. The summed E-state index contributed by atoms with van der Waals surface area (Å²) in [5, 5.41) is 2.65. The number of nitrogens with zero attached hydrogens (tertiary/aromatic N) is 1. The maximum atomic E-state index is 13.4. The molecule has 0 atom stereocenters. The van der Waals surface area contributed by atoms with E-state index in [1.54, 1.807) is 24.3 Å². The number of halogens is 1. The number of methoxy groups -OCH3 is 1. The Bertz CT molecular complexity index is 1580. The maximum absolute atomic E-state index is 13.4. The average Bonchev–Trinajstić information content (AvgIpc) is 2.79. The molecule has 5 nitrogen and oxygen atoms in total. The van der Waals surface area contributed by atoms with Gasteiger partial charge in [-0.3, -0.25) is 4.79 Å². The lowest BCUT2D eigenvalue weighted by atomic mass is 10.0. The quantitative estimate of drug-likeness (QED) is 0.431. The minimum absolute atomic E-state index is 0.347. The summed E-state index contributed by atoms with van der Waals surface area (Å²) in [6.07, 6.45) is 0. The molecule has 31 heavy (non-hydrogen) atoms. The van der Waals surface area contributed by atoms with Crippen molar-refractivity contribution in [2.24, 2.45) is 0 Å². The number of fused-ring (bicyclic) bond motifs is 2. The molecule has 0 fully saturated rings. The second-order valence-corrected chi connectivity index (χ2v) is 7.55. The number of hydrogen-bond acceptors (Lipinski definition) is 3. The van der Waals surface area contributed by atoms with E-state index in [0.29, 0.717) is 32.9 Å². The number of ether oxygens (including phenoxy) is 1. The predicted octanol–water partition coefficient (Wildman–Crippen LogP) is 5.16. The van der Waals surface area contributed by atoms with Gasteiger partial charge in [0.05, 0.1) is 23.7 Å². The van der Waals surface area contributed by atoms with Crippen molar-refractivity contribution < 1.29 is 4.74 Å². The summed E-state index contributed by atoms with van der Waals surface area (Å²) in [6, 6.07) is 23.9. The van der Waals surface area contributed by atoms with Crippen LogP contribution in [0.4, 0.5) is 0 Å². The Balaban J connectivity index is 1.83. The van der Waals surface area contributed by atoms with Crippen LogP contribution in [0.15, 0.2) is 88.5 Å². The van der Waals surface area contributed by atoms with Gasteiger partial charge in [0.15, 0.2) is 0 Å². The molecular weight excluding hydrogens is 412 g/mol. The van der Waals surface area contributed by atoms with Crippen molar-refractivity contribution >= 4 is 33.3 Å². The molecule has 0 aliphatic heterocycles. The number of nitrogens with one attached hydrogen (secondary N) is 1. The number of aromatic amines is 1. The van der Waals surface area contributed by atoms with Gasteiger partial charge in [-0.15, -0.1) is 0 Å². The lowest BCUT2D eigenvalue weighted by Gasteiger charge is -2.13. The summed E-state index contributed by atoms with van der Waals surface area (Å²) in [5.41, 5.74) is 1.46. The van der Waals surface area contributed by atoms with Gasteiger partial charge < -0.3 is 9.72 Å². The lowest BCUT2D eigenvalue weighted by Crippen LogP contribution is -2.33. The van der Waals surface area contributed by atoms with Crippen LogP contribution in [-0.2, 0) is 0 Å². The Morgan fingerprint density at radius 3 is 2.39 bits per heavy atom. The standard InChI is InChI=1S/C25H17ClN2O3/c1-31-23-14-19-21(13-18(23)17-10-4-5-11-20(17)26)27-25(30)28(24(19)29)22-12-6-8-15-7-2-3-9-16(15)22/h2-14H,1H3,(H,27,30). The molecule has 0 saturated heterocycles. The normalized spacial score (nSPS) is 11.2. The van der Waals surface area contributed by atoms with Gasteiger partial charge in [0.2, 0.25) is 0 Å². The van der Waals surface area contributed by atoms with E-state index in [1.165, 1.54) is 11.7 Å². The summed E-state index contributed by atoms with van der Waals surface area (Å²) in [4.78, 5) is 29.3. The van der Waals surface area contributed by atoms with Crippen LogP contribution in [0.3, 0.4) is 0 Å². The first-order chi connectivity index (χ1) is 15.1. The first kappa shape index (κ1) is 19.2. The van der Waals surface area contributed by atoms with Crippen LogP contribution < -0.4 is 16.0 Å². The highest BCUT2D eigenvalue weighted by molar-refractivity contribution is 6.33. The van der Waals surface area contributed by atoms with E-state index in [4.69, 9.17) is 16.3 Å². The zero-order chi connectivity index (χ0) is 21.5. The molecular formula is C25H17ClN2O3. The predicted molar refractivity (Wildman–Crippen MR) is 125 cm³/mol. The number of benzene rings is 4. The van der Waals surface area contributed by atoms with Crippen LogP contribution in [0.5, 0.6) is 5.75 Å². The van der Waals surface area contributed by atoms with Crippen LogP contribution in [0.25, 0.3) is 38.5 Å². The van der Waals surface area contributed by atoms with Crippen molar-refractivity contribution in [2.75, 3.05) is 7.11 Å². The van der Waals surface area contributed by atoms with Crippen molar-refractivity contribution in [3.8, 4) is 22.6 Å². The minimum atomic E-state index is -0.510. The van der Waals surface area contributed by atoms with Gasteiger partial charge in [-0.2, -0.15) is 0 Å². The summed E-state index contributed by atoms with van der Waals surface area (Å²) < 4.78 is 6.73. The molecule has 152 valence electrons. The monoisotopic (exact) mass is 428 g/mol. The molecule has 0 aliphatic rings. The van der Waals surface area contributed by atoms with Crippen molar-refractivity contribution in [1.82, 2.24) is 9.55 Å². The third-order valence-electron chi connectivity index (χ3n) is 5.39. The fourth-order valence-electron chi connectivity index (χ4n) is 3.93. The van der Waals surface area contributed by atoms with Crippen molar-refractivity contribution in [1.29, 1.82) is 0 Å². The summed E-state index contributed by atoms with van der Waals surface area (Å²) >= 11 is 6.37. The van der Waals surface area contributed by atoms with E-state index >= 15 is 0 Å². The van der Waals surface area contributed by atoms with Gasteiger partial charge in [-0.1, -0.05) is 66.2 Å². The molecule has 5 rings (SSSR count). The highest BCUT2D eigenvalue weighted by Crippen LogP contribution is 2.36. The van der Waals surface area contributed by atoms with E-state index in [2.05, 4.69) is 4.98 Å². The molecule has 1 N–H and O–H groups in total. The SMILES string of the molecule is COc1cc2c(=O)n(-c3cccc4ccccc34)c(=O)[nH]c2cc1-c1ccccc1Cl. The summed E-state index contributed by atoms with van der Waals surface area (Å²) in [6.45, 7) is 0. The fourth-order valence-corrected chi connectivity index (χ4v) is 4.16. The molecule has 5 aromatic rings. The fraction of sp³-hybridized carbons (Fsp3) is 0.0400. The van der Waals surface area contributed by atoms with Gasteiger partial charge in [-0.05, 0) is 29.7 Å². The van der Waals surface area contributed by atoms with Gasteiger partial charge in [0.25, 0.3) is 5.56 Å². The zero-order valence-corrected chi connectivity index (χ0v) is 17.3. The van der Waals surface area contributed by atoms with Crippen LogP contribution in [0, 0.1) is 0 Å². The van der Waals surface area contributed by atoms with Crippen molar-refractivity contribution in [3.63, 3.8) is 0 Å². The molecule has 0 saturated carbocycles. The van der Waals surface area contributed by atoms with E-state index in [0.717, 1.165) is 16.3 Å². The minimum Gasteiger partial charge on any atom is -0.496 e. The van der Waals surface area contributed by atoms with Crippen molar-refractivity contribution in [2.45, 2.75) is 0 Å². The Morgan fingerprint density at radius 2 is 1.58 bits per heavy atom. The van der Waals surface area contributed by atoms with Gasteiger partial charge >= 0.3 is 5.69 Å². The Labute approximate surface area is 182 Å². The number of H-pyrrole nitrogens is 1. The average molecular weight is 429 g/mol. The topological polar surface area (TPSA) is 64.1 Å². The second-order valence-electron chi connectivity index (χ2n) is 7.15. The lowest BCUT2D eigenvalue weighted by molar-refractivity contribution is 0.417. The number of hydrogen-bond donors (Lipinski definition) is 1. The van der Waals surface area contributed by atoms with Crippen LogP contribution in [0.2, 0.25) is 5.02 Å². The molecule has 0 spiro atoms. The summed E-state index contributed by atoms with van der Waals surface area (Å²) in [7, 11) is 1.54. The smallest absolute Gasteiger partial charge is 0.333 e. The number of rotatable bonds is 3. The van der Waals surface area contributed by atoms with E-state index in [-0.39, 0.29) is 0 Å². The Morgan fingerprint density at radius 1 is 0.839 bits per heavy atom. The molecule has 0 aliphatic carbocycles. The molecule has 6 heteroatoms. The molecule has 0 bridgehead atoms. The van der Waals surface area contributed by atoms with Crippen LogP contribution >= 0.6 is 11.6 Å². The van der Waals surface area contributed by atoms with Gasteiger partial charge in [-0.25, -0.2) is 9.36 Å². The molecule has 1 heterocycles. The largest absolute Gasteiger partial charge is 0.496 e. The molecule has 4 aromatic carbocycles. The first-order valence-electron chi connectivity index (χ1n) is 9.68. The third-order valence-corrected chi connectivity index (χ3v) is 5.72. The second kappa shape index (κ2) is 7.45. The highest BCUT2D eigenvalue weighted by Gasteiger charge is 2.16. The van der Waals surface area contributed by atoms with E-state index in [1.807, 2.05) is 54.6 Å². The molecule has 0 amide bonds. The Hall–Kier alpha value is -3.83. The molecule has 1 aromatic heterocycles. The zero-order valence-electron chi connectivity index (χ0n) is 16.6. The Kier molecular flexibility index (Phi) is 4.60. The highest BCUT2D eigenvalue weighted by atomic mass is 35.5. The van der Waals surface area contributed by atoms with Gasteiger partial charge in [0, 0.05) is 21.5 Å².